The first-order valence-corrected chi connectivity index (χ1v) is 8.40. The highest BCUT2D eigenvalue weighted by molar-refractivity contribution is 7.16. The van der Waals surface area contributed by atoms with Gasteiger partial charge in [-0.15, -0.1) is 11.3 Å². The largest absolute Gasteiger partial charge is 0.312 e. The first kappa shape index (κ1) is 15.1. The van der Waals surface area contributed by atoms with E-state index in [1.165, 1.54) is 16.2 Å². The number of rotatable bonds is 2. The van der Waals surface area contributed by atoms with Gasteiger partial charge in [0.15, 0.2) is 0 Å². The fourth-order valence-corrected chi connectivity index (χ4v) is 4.19. The second kappa shape index (κ2) is 6.12. The van der Waals surface area contributed by atoms with E-state index in [1.807, 2.05) is 0 Å². The van der Waals surface area contributed by atoms with E-state index in [0.717, 1.165) is 24.8 Å². The Morgan fingerprint density at radius 2 is 2.23 bits per heavy atom. The van der Waals surface area contributed by atoms with Crippen LogP contribution < -0.4 is 5.32 Å². The van der Waals surface area contributed by atoms with Crippen molar-refractivity contribution in [2.24, 2.45) is 5.92 Å². The lowest BCUT2D eigenvalue weighted by atomic mass is 9.88. The number of carbonyl (C=O) groups excluding carboxylic acids is 1. The maximum atomic E-state index is 12.4. The molecule has 3 nitrogen and oxygen atoms in total. The van der Waals surface area contributed by atoms with Crippen molar-refractivity contribution in [3.63, 3.8) is 0 Å². The molecule has 0 saturated carbocycles. The third kappa shape index (κ3) is 2.75. The third-order valence-corrected chi connectivity index (χ3v) is 5.50. The number of carbonyl (C=O) groups is 1. The molecule has 0 radical (unpaired) electrons. The van der Waals surface area contributed by atoms with Crippen LogP contribution in [0.2, 0.25) is 5.02 Å². The van der Waals surface area contributed by atoms with Gasteiger partial charge in [0.05, 0.1) is 16.1 Å². The Balaban J connectivity index is 1.92. The third-order valence-electron chi connectivity index (χ3n) is 3.96. The topological polar surface area (TPSA) is 52.9 Å². The number of nitrogens with one attached hydrogen (secondary N) is 1. The van der Waals surface area contributed by atoms with Crippen molar-refractivity contribution < 1.29 is 4.79 Å². The molecule has 112 valence electrons. The van der Waals surface area contributed by atoms with Crippen LogP contribution in [0.1, 0.15) is 39.7 Å². The Bertz CT molecular complexity index is 775. The van der Waals surface area contributed by atoms with Gasteiger partial charge in [-0.05, 0) is 42.9 Å². The number of amides is 1. The molecule has 1 N–H and O–H groups in total. The SMILES string of the molecule is C[C@H]1CCc2sc(NC(=O)c3ccccc3Cl)c(C#N)c2C1. The van der Waals surface area contributed by atoms with Gasteiger partial charge in [-0.3, -0.25) is 4.79 Å². The summed E-state index contributed by atoms with van der Waals surface area (Å²) in [6.07, 6.45) is 3.03. The summed E-state index contributed by atoms with van der Waals surface area (Å²) in [6.45, 7) is 2.20. The Kier molecular flexibility index (Phi) is 4.19. The maximum absolute atomic E-state index is 12.4. The molecule has 5 heteroatoms. The van der Waals surface area contributed by atoms with Gasteiger partial charge in [-0.25, -0.2) is 0 Å². The molecule has 0 unspecified atom stereocenters. The highest BCUT2D eigenvalue weighted by Crippen LogP contribution is 2.39. The predicted molar refractivity (Wildman–Crippen MR) is 89.6 cm³/mol. The minimum atomic E-state index is -0.270. The normalized spacial score (nSPS) is 16.7. The fourth-order valence-electron chi connectivity index (χ4n) is 2.78. The van der Waals surface area contributed by atoms with Gasteiger partial charge >= 0.3 is 0 Å². The van der Waals surface area contributed by atoms with Gasteiger partial charge in [0.1, 0.15) is 11.1 Å². The molecule has 1 aliphatic carbocycles. The Morgan fingerprint density at radius 3 is 2.95 bits per heavy atom. The summed E-state index contributed by atoms with van der Waals surface area (Å²) in [4.78, 5) is 13.6. The molecule has 1 aromatic heterocycles. The molecule has 1 heterocycles. The molecule has 0 saturated heterocycles. The standard InChI is InChI=1S/C17H15ClN2OS/c1-10-6-7-15-12(8-10)13(9-19)17(22-15)20-16(21)11-4-2-3-5-14(11)18/h2-5,10H,6-8H2,1H3,(H,20,21)/t10-/m0/s1. The zero-order valence-corrected chi connectivity index (χ0v) is 13.7. The van der Waals surface area contributed by atoms with Crippen LogP contribution in [-0.2, 0) is 12.8 Å². The number of thiophene rings is 1. The molecular weight excluding hydrogens is 316 g/mol. The summed E-state index contributed by atoms with van der Waals surface area (Å²) in [7, 11) is 0. The number of anilines is 1. The molecule has 0 fully saturated rings. The van der Waals surface area contributed by atoms with Crippen molar-refractivity contribution in [1.82, 2.24) is 0 Å². The van der Waals surface area contributed by atoms with E-state index in [4.69, 9.17) is 11.6 Å². The first-order chi connectivity index (χ1) is 10.6. The monoisotopic (exact) mass is 330 g/mol. The molecule has 1 aromatic carbocycles. The average Bonchev–Trinajstić information content (AvgIpc) is 2.83. The highest BCUT2D eigenvalue weighted by Gasteiger charge is 2.25. The van der Waals surface area contributed by atoms with Crippen molar-refractivity contribution in [3.05, 3.63) is 50.9 Å². The van der Waals surface area contributed by atoms with E-state index in [9.17, 15) is 10.1 Å². The Morgan fingerprint density at radius 1 is 1.45 bits per heavy atom. The van der Waals surface area contributed by atoms with E-state index in [0.29, 0.717) is 27.1 Å². The van der Waals surface area contributed by atoms with Gasteiger partial charge in [0.25, 0.3) is 5.91 Å². The van der Waals surface area contributed by atoms with Crippen molar-refractivity contribution in [2.75, 3.05) is 5.32 Å². The zero-order chi connectivity index (χ0) is 15.7. The quantitative estimate of drug-likeness (QED) is 0.871. The Hall–Kier alpha value is -1.83. The summed E-state index contributed by atoms with van der Waals surface area (Å²) >= 11 is 7.58. The first-order valence-electron chi connectivity index (χ1n) is 7.20. The lowest BCUT2D eigenvalue weighted by Gasteiger charge is -2.17. The summed E-state index contributed by atoms with van der Waals surface area (Å²) < 4.78 is 0. The van der Waals surface area contributed by atoms with Crippen LogP contribution in [-0.4, -0.2) is 5.91 Å². The van der Waals surface area contributed by atoms with Crippen molar-refractivity contribution >= 4 is 33.8 Å². The van der Waals surface area contributed by atoms with Gasteiger partial charge < -0.3 is 5.32 Å². The molecule has 2 aromatic rings. The summed E-state index contributed by atoms with van der Waals surface area (Å²) in [5, 5.41) is 13.4. The number of fused-ring (bicyclic) bond motifs is 1. The second-order valence-electron chi connectivity index (χ2n) is 5.60. The molecule has 1 aliphatic rings. The molecule has 1 atom stereocenters. The van der Waals surface area contributed by atoms with Crippen LogP contribution in [0.25, 0.3) is 0 Å². The molecule has 22 heavy (non-hydrogen) atoms. The fraction of sp³-hybridized carbons (Fsp3) is 0.294. The molecule has 0 aliphatic heterocycles. The van der Waals surface area contributed by atoms with Crippen molar-refractivity contribution in [2.45, 2.75) is 26.2 Å². The van der Waals surface area contributed by atoms with Crippen LogP contribution in [0.15, 0.2) is 24.3 Å². The highest BCUT2D eigenvalue weighted by atomic mass is 35.5. The van der Waals surface area contributed by atoms with Crippen LogP contribution >= 0.6 is 22.9 Å². The van der Waals surface area contributed by atoms with Crippen molar-refractivity contribution in [3.8, 4) is 6.07 Å². The van der Waals surface area contributed by atoms with Gasteiger partial charge in [0.2, 0.25) is 0 Å². The number of aryl methyl sites for hydroxylation is 1. The van der Waals surface area contributed by atoms with Gasteiger partial charge in [-0.2, -0.15) is 5.26 Å². The maximum Gasteiger partial charge on any atom is 0.257 e. The van der Waals surface area contributed by atoms with E-state index in [1.54, 1.807) is 24.3 Å². The summed E-state index contributed by atoms with van der Waals surface area (Å²) in [5.74, 6) is 0.315. The van der Waals surface area contributed by atoms with E-state index >= 15 is 0 Å². The minimum Gasteiger partial charge on any atom is -0.312 e. The van der Waals surface area contributed by atoms with Crippen LogP contribution in [0.5, 0.6) is 0 Å². The van der Waals surface area contributed by atoms with Crippen LogP contribution in [0.3, 0.4) is 0 Å². The van der Waals surface area contributed by atoms with Gasteiger partial charge in [-0.1, -0.05) is 30.7 Å². The molecular formula is C17H15ClN2OS. The predicted octanol–water partition coefficient (Wildman–Crippen LogP) is 4.65. The van der Waals surface area contributed by atoms with Crippen molar-refractivity contribution in [1.29, 1.82) is 5.26 Å². The number of nitrogens with zero attached hydrogens (tertiary/aromatic N) is 1. The lowest BCUT2D eigenvalue weighted by Crippen LogP contribution is -2.13. The molecule has 3 rings (SSSR count). The summed E-state index contributed by atoms with van der Waals surface area (Å²) in [6, 6.07) is 9.18. The van der Waals surface area contributed by atoms with Crippen LogP contribution in [0, 0.1) is 17.2 Å². The second-order valence-corrected chi connectivity index (χ2v) is 7.11. The lowest BCUT2D eigenvalue weighted by molar-refractivity contribution is 0.102. The zero-order valence-electron chi connectivity index (χ0n) is 12.1. The van der Waals surface area contributed by atoms with E-state index in [2.05, 4.69) is 18.3 Å². The average molecular weight is 331 g/mol. The number of hydrogen-bond donors (Lipinski definition) is 1. The minimum absolute atomic E-state index is 0.270. The smallest absolute Gasteiger partial charge is 0.257 e. The van der Waals surface area contributed by atoms with Gasteiger partial charge in [0, 0.05) is 4.88 Å². The molecule has 1 amide bonds. The number of nitriles is 1. The molecule has 0 spiro atoms. The summed E-state index contributed by atoms with van der Waals surface area (Å²) in [5.41, 5.74) is 2.15. The molecule has 0 bridgehead atoms. The van der Waals surface area contributed by atoms with E-state index < -0.39 is 0 Å². The number of benzene rings is 1. The number of hydrogen-bond acceptors (Lipinski definition) is 3. The number of halogens is 1. The van der Waals surface area contributed by atoms with Crippen LogP contribution in [0.4, 0.5) is 5.00 Å². The van der Waals surface area contributed by atoms with E-state index in [-0.39, 0.29) is 5.91 Å². The Labute approximate surface area is 138 Å².